The van der Waals surface area contributed by atoms with E-state index < -0.39 is 23.4 Å². The Hall–Kier alpha value is -3.14. The van der Waals surface area contributed by atoms with Crippen molar-refractivity contribution in [2.75, 3.05) is 24.6 Å². The molecule has 2 unspecified atom stereocenters. The fourth-order valence-electron chi connectivity index (χ4n) is 5.97. The number of nitrogens with two attached hydrogens (primary N) is 1. The van der Waals surface area contributed by atoms with Crippen molar-refractivity contribution in [2.24, 2.45) is 11.7 Å². The normalized spacial score (nSPS) is 19.8. The summed E-state index contributed by atoms with van der Waals surface area (Å²) in [5.74, 6) is -1.60. The maximum absolute atomic E-state index is 14.1. The number of hydrogen-bond donors (Lipinski definition) is 3. The van der Waals surface area contributed by atoms with Crippen LogP contribution in [-0.2, 0) is 16.1 Å². The number of anilines is 1. The van der Waals surface area contributed by atoms with Crippen molar-refractivity contribution in [1.82, 2.24) is 10.2 Å². The lowest BCUT2D eigenvalue weighted by molar-refractivity contribution is -0.139. The summed E-state index contributed by atoms with van der Waals surface area (Å²) in [4.78, 5) is 30.5. The van der Waals surface area contributed by atoms with Gasteiger partial charge in [-0.25, -0.2) is 4.39 Å². The van der Waals surface area contributed by atoms with Gasteiger partial charge in [-0.05, 0) is 85.5 Å². The number of amides is 2. The Balaban J connectivity index is 1.41. The Bertz CT molecular complexity index is 1530. The Kier molecular flexibility index (Phi) is 9.63. The largest absolute Gasteiger partial charge is 0.396 e. The molecule has 0 bridgehead atoms. The molecule has 2 amide bonds. The highest BCUT2D eigenvalue weighted by molar-refractivity contribution is 6.36. The van der Waals surface area contributed by atoms with Crippen LogP contribution in [-0.4, -0.2) is 53.1 Å². The van der Waals surface area contributed by atoms with Crippen molar-refractivity contribution in [3.63, 3.8) is 0 Å². The number of likely N-dealkylation sites (tertiary alicyclic amines) is 1. The highest BCUT2D eigenvalue weighted by atomic mass is 35.5. The summed E-state index contributed by atoms with van der Waals surface area (Å²) in [5.41, 5.74) is 7.73. The number of aliphatic hydroxyl groups excluding tert-OH is 1. The fraction of sp³-hybridized carbons (Fsp3) is 0.312. The maximum Gasteiger partial charge on any atom is 0.237 e. The lowest BCUT2D eigenvalue weighted by Crippen LogP contribution is -2.61. The predicted molar refractivity (Wildman–Crippen MR) is 168 cm³/mol. The molecular formula is C32H32Cl3FN4O3. The van der Waals surface area contributed by atoms with E-state index in [9.17, 15) is 19.1 Å². The first kappa shape index (κ1) is 31.3. The molecule has 2 atom stereocenters. The van der Waals surface area contributed by atoms with E-state index in [4.69, 9.17) is 40.5 Å². The van der Waals surface area contributed by atoms with Crippen LogP contribution in [0.3, 0.4) is 0 Å². The van der Waals surface area contributed by atoms with E-state index in [1.54, 1.807) is 41.3 Å². The van der Waals surface area contributed by atoms with Gasteiger partial charge in [0.25, 0.3) is 0 Å². The molecule has 2 aliphatic heterocycles. The number of benzene rings is 3. The molecule has 43 heavy (non-hydrogen) atoms. The van der Waals surface area contributed by atoms with E-state index in [0.717, 1.165) is 11.4 Å². The third-order valence-corrected chi connectivity index (χ3v) is 9.09. The van der Waals surface area contributed by atoms with Gasteiger partial charge in [0.15, 0.2) is 0 Å². The summed E-state index contributed by atoms with van der Waals surface area (Å²) in [7, 11) is 0. The monoisotopic (exact) mass is 644 g/mol. The molecule has 0 aromatic heterocycles. The third kappa shape index (κ3) is 6.69. The molecule has 3 aromatic rings. The minimum Gasteiger partial charge on any atom is -0.396 e. The highest BCUT2D eigenvalue weighted by Gasteiger charge is 2.45. The van der Waals surface area contributed by atoms with Gasteiger partial charge < -0.3 is 20.6 Å². The average Bonchev–Trinajstić information content (AvgIpc) is 3.35. The molecule has 3 aromatic carbocycles. The second-order valence-electron chi connectivity index (χ2n) is 10.9. The molecule has 1 fully saturated rings. The molecule has 2 heterocycles. The number of aliphatic hydroxyl groups is 1. The number of halogens is 4. The first-order chi connectivity index (χ1) is 20.6. The molecule has 7 nitrogen and oxygen atoms in total. The van der Waals surface area contributed by atoms with E-state index in [-0.39, 0.29) is 24.9 Å². The molecule has 11 heteroatoms. The minimum atomic E-state index is -1.03. The van der Waals surface area contributed by atoms with E-state index >= 15 is 0 Å². The number of carbonyl (C=O) groups excluding carboxylic acids is 2. The SMILES string of the molecule is NC(=O)C1(NCc2cccc(F)c2)CCN(C(=O)C2C=C(c3ccc(Cl)cc3Cl)N(c3ccc(Cl)cc3)C2CCO)CC1. The van der Waals surface area contributed by atoms with Crippen LogP contribution >= 0.6 is 34.8 Å². The van der Waals surface area contributed by atoms with E-state index in [1.165, 1.54) is 12.1 Å². The van der Waals surface area contributed by atoms with Crippen LogP contribution in [0.5, 0.6) is 0 Å². The van der Waals surface area contributed by atoms with Crippen molar-refractivity contribution < 1.29 is 19.1 Å². The number of rotatable bonds is 9. The number of hydrogen-bond acceptors (Lipinski definition) is 5. The van der Waals surface area contributed by atoms with Crippen molar-refractivity contribution in [3.05, 3.63) is 105 Å². The average molecular weight is 646 g/mol. The van der Waals surface area contributed by atoms with Crippen LogP contribution in [0.15, 0.2) is 72.8 Å². The van der Waals surface area contributed by atoms with E-state index in [1.807, 2.05) is 29.2 Å². The number of nitrogens with one attached hydrogen (secondary N) is 1. The molecule has 2 aliphatic rings. The molecule has 1 saturated heterocycles. The van der Waals surface area contributed by atoms with Gasteiger partial charge in [-0.3, -0.25) is 14.9 Å². The fourth-order valence-corrected chi connectivity index (χ4v) is 6.61. The molecule has 0 spiro atoms. The second-order valence-corrected chi connectivity index (χ2v) is 12.2. The predicted octanol–water partition coefficient (Wildman–Crippen LogP) is 5.65. The van der Waals surface area contributed by atoms with Gasteiger partial charge in [0, 0.05) is 53.2 Å². The number of carbonyl (C=O) groups is 2. The molecule has 0 saturated carbocycles. The lowest BCUT2D eigenvalue weighted by Gasteiger charge is -2.41. The number of piperidine rings is 1. The van der Waals surface area contributed by atoms with Gasteiger partial charge >= 0.3 is 0 Å². The first-order valence-corrected chi connectivity index (χ1v) is 15.2. The van der Waals surface area contributed by atoms with Gasteiger partial charge in [-0.15, -0.1) is 0 Å². The highest BCUT2D eigenvalue weighted by Crippen LogP contribution is 2.43. The first-order valence-electron chi connectivity index (χ1n) is 14.0. The summed E-state index contributed by atoms with van der Waals surface area (Å²) in [6.45, 7) is 0.723. The molecule has 4 N–H and O–H groups in total. The summed E-state index contributed by atoms with van der Waals surface area (Å²) >= 11 is 19.0. The number of primary amides is 1. The standard InChI is InChI=1S/C32H32Cl3FN4O3/c33-21-4-7-24(8-5-21)40-28(10-15-41)26(18-29(40)25-9-6-22(34)17-27(25)35)30(42)39-13-11-32(12-14-39,31(37)43)38-19-20-2-1-3-23(36)16-20/h1-9,16-18,26,28,38,41H,10-15,19H2,(H2,37,43). The van der Waals surface area contributed by atoms with Gasteiger partial charge in [0.1, 0.15) is 11.4 Å². The van der Waals surface area contributed by atoms with Crippen LogP contribution in [0.2, 0.25) is 15.1 Å². The van der Waals surface area contributed by atoms with E-state index in [0.29, 0.717) is 58.5 Å². The van der Waals surface area contributed by atoms with Crippen LogP contribution in [0.1, 0.15) is 30.4 Å². The molecule has 5 rings (SSSR count). The molecule has 0 radical (unpaired) electrons. The van der Waals surface area contributed by atoms with Gasteiger partial charge in [-0.1, -0.05) is 46.9 Å². The van der Waals surface area contributed by atoms with Crippen LogP contribution in [0.4, 0.5) is 10.1 Å². The van der Waals surface area contributed by atoms with E-state index in [2.05, 4.69) is 5.32 Å². The molecular weight excluding hydrogens is 614 g/mol. The third-order valence-electron chi connectivity index (χ3n) is 8.29. The Labute approximate surface area is 265 Å². The summed E-state index contributed by atoms with van der Waals surface area (Å²) in [5, 5.41) is 14.8. The van der Waals surface area contributed by atoms with Crippen LogP contribution in [0.25, 0.3) is 5.70 Å². The van der Waals surface area contributed by atoms with Crippen LogP contribution in [0, 0.1) is 11.7 Å². The zero-order valence-corrected chi connectivity index (χ0v) is 25.5. The van der Waals surface area contributed by atoms with Crippen molar-refractivity contribution >= 4 is 58.0 Å². The maximum atomic E-state index is 14.1. The zero-order chi connectivity index (χ0) is 30.7. The van der Waals surface area contributed by atoms with Gasteiger partial charge in [-0.2, -0.15) is 0 Å². The summed E-state index contributed by atoms with van der Waals surface area (Å²) in [6, 6.07) is 18.2. The number of nitrogens with zero attached hydrogens (tertiary/aromatic N) is 2. The minimum absolute atomic E-state index is 0.124. The van der Waals surface area contributed by atoms with Crippen LogP contribution < -0.4 is 16.0 Å². The Morgan fingerprint density at radius 2 is 1.70 bits per heavy atom. The van der Waals surface area contributed by atoms with Crippen molar-refractivity contribution in [1.29, 1.82) is 0 Å². The molecule has 0 aliphatic carbocycles. The van der Waals surface area contributed by atoms with Gasteiger partial charge in [0.2, 0.25) is 11.8 Å². The summed E-state index contributed by atoms with van der Waals surface area (Å²) < 4.78 is 13.7. The molecule has 226 valence electrons. The summed E-state index contributed by atoms with van der Waals surface area (Å²) in [6.07, 6.45) is 2.82. The zero-order valence-electron chi connectivity index (χ0n) is 23.3. The topological polar surface area (TPSA) is 98.9 Å². The Morgan fingerprint density at radius 3 is 2.33 bits per heavy atom. The second kappa shape index (κ2) is 13.2. The van der Waals surface area contributed by atoms with Crippen molar-refractivity contribution in [2.45, 2.75) is 37.4 Å². The van der Waals surface area contributed by atoms with Gasteiger partial charge in [0.05, 0.1) is 17.0 Å². The smallest absolute Gasteiger partial charge is 0.237 e. The Morgan fingerprint density at radius 1 is 1.00 bits per heavy atom. The lowest BCUT2D eigenvalue weighted by atomic mass is 9.85. The van der Waals surface area contributed by atoms with Crippen molar-refractivity contribution in [3.8, 4) is 0 Å². The quantitative estimate of drug-likeness (QED) is 0.280.